The van der Waals surface area contributed by atoms with Crippen molar-refractivity contribution in [3.8, 4) is 0 Å². The van der Waals surface area contributed by atoms with Crippen molar-refractivity contribution in [2.75, 3.05) is 0 Å². The van der Waals surface area contributed by atoms with Gasteiger partial charge in [0.1, 0.15) is 5.15 Å². The van der Waals surface area contributed by atoms with E-state index in [9.17, 15) is 13.2 Å². The number of rotatable bonds is 0. The fourth-order valence-electron chi connectivity index (χ4n) is 1.37. The SMILES string of the molecule is Cn1nc(C(F)(F)F)c2c(Cl)cc(Cl)nc21. The van der Waals surface area contributed by atoms with E-state index < -0.39 is 11.9 Å². The number of pyridine rings is 1. The molecule has 0 N–H and O–H groups in total. The van der Waals surface area contributed by atoms with Gasteiger partial charge in [-0.15, -0.1) is 0 Å². The smallest absolute Gasteiger partial charge is 0.250 e. The van der Waals surface area contributed by atoms with E-state index in [1.165, 1.54) is 7.05 Å². The van der Waals surface area contributed by atoms with Crippen molar-refractivity contribution in [2.45, 2.75) is 6.18 Å². The Morgan fingerprint density at radius 2 is 1.94 bits per heavy atom. The zero-order chi connectivity index (χ0) is 12.1. The molecule has 0 spiro atoms. The lowest BCUT2D eigenvalue weighted by atomic mass is 10.2. The fraction of sp³-hybridized carbons (Fsp3) is 0.250. The molecule has 8 heteroatoms. The van der Waals surface area contributed by atoms with Gasteiger partial charge in [-0.3, -0.25) is 0 Å². The number of aromatic nitrogens is 3. The fourth-order valence-corrected chi connectivity index (χ4v) is 1.89. The number of hydrogen-bond acceptors (Lipinski definition) is 2. The van der Waals surface area contributed by atoms with Gasteiger partial charge in [0, 0.05) is 7.05 Å². The molecule has 0 fully saturated rings. The van der Waals surface area contributed by atoms with Crippen molar-refractivity contribution in [2.24, 2.45) is 7.05 Å². The van der Waals surface area contributed by atoms with Crippen molar-refractivity contribution in [3.05, 3.63) is 21.9 Å². The summed E-state index contributed by atoms with van der Waals surface area (Å²) in [5, 5.41) is 3.02. The molecular formula is C8H4Cl2F3N3. The Bertz CT molecular complexity index is 562. The normalized spacial score (nSPS) is 12.4. The van der Waals surface area contributed by atoms with E-state index in [-0.39, 0.29) is 21.2 Å². The van der Waals surface area contributed by atoms with Crippen LogP contribution in [-0.4, -0.2) is 14.8 Å². The molecule has 0 aromatic carbocycles. The van der Waals surface area contributed by atoms with E-state index in [2.05, 4.69) is 10.1 Å². The van der Waals surface area contributed by atoms with Gasteiger partial charge in [-0.05, 0) is 6.07 Å². The highest BCUT2D eigenvalue weighted by atomic mass is 35.5. The maximum Gasteiger partial charge on any atom is 0.435 e. The second-order valence-corrected chi connectivity index (χ2v) is 3.89. The number of nitrogens with zero attached hydrogens (tertiary/aromatic N) is 3. The molecule has 0 atom stereocenters. The van der Waals surface area contributed by atoms with Crippen molar-refractivity contribution >= 4 is 34.2 Å². The summed E-state index contributed by atoms with van der Waals surface area (Å²) in [6.07, 6.45) is -4.57. The Morgan fingerprint density at radius 3 is 2.50 bits per heavy atom. The molecule has 0 saturated heterocycles. The maximum atomic E-state index is 12.6. The van der Waals surface area contributed by atoms with E-state index in [4.69, 9.17) is 23.2 Å². The minimum Gasteiger partial charge on any atom is -0.250 e. The summed E-state index contributed by atoms with van der Waals surface area (Å²) in [5.41, 5.74) is -1.05. The van der Waals surface area contributed by atoms with Gasteiger partial charge in [0.15, 0.2) is 11.3 Å². The molecule has 0 aliphatic carbocycles. The molecule has 2 aromatic heterocycles. The maximum absolute atomic E-state index is 12.6. The summed E-state index contributed by atoms with van der Waals surface area (Å²) in [5.74, 6) is 0. The second-order valence-electron chi connectivity index (χ2n) is 3.10. The molecule has 16 heavy (non-hydrogen) atoms. The lowest BCUT2D eigenvalue weighted by molar-refractivity contribution is -0.140. The van der Waals surface area contributed by atoms with Gasteiger partial charge in [0.2, 0.25) is 0 Å². The van der Waals surface area contributed by atoms with E-state index in [0.717, 1.165) is 10.7 Å². The van der Waals surface area contributed by atoms with Crippen molar-refractivity contribution in [1.29, 1.82) is 0 Å². The second kappa shape index (κ2) is 3.49. The summed E-state index contributed by atoms with van der Waals surface area (Å²) in [6.45, 7) is 0. The lowest BCUT2D eigenvalue weighted by Crippen LogP contribution is -2.07. The number of aryl methyl sites for hydroxylation is 1. The van der Waals surface area contributed by atoms with E-state index in [1.54, 1.807) is 0 Å². The van der Waals surface area contributed by atoms with Crippen LogP contribution >= 0.6 is 23.2 Å². The number of hydrogen-bond donors (Lipinski definition) is 0. The first-order valence-electron chi connectivity index (χ1n) is 4.06. The van der Waals surface area contributed by atoms with Gasteiger partial charge >= 0.3 is 6.18 Å². The molecule has 3 nitrogen and oxygen atoms in total. The van der Waals surface area contributed by atoms with Crippen LogP contribution in [0.2, 0.25) is 10.2 Å². The average molecular weight is 270 g/mol. The molecule has 0 amide bonds. The third-order valence-corrected chi connectivity index (χ3v) is 2.47. The Hall–Kier alpha value is -1.01. The highest BCUT2D eigenvalue weighted by Crippen LogP contribution is 2.37. The van der Waals surface area contributed by atoms with Gasteiger partial charge in [-0.25, -0.2) is 9.67 Å². The first-order chi connectivity index (χ1) is 7.30. The summed E-state index contributed by atoms with van der Waals surface area (Å²) in [4.78, 5) is 3.75. The van der Waals surface area contributed by atoms with Crippen molar-refractivity contribution in [1.82, 2.24) is 14.8 Å². The molecule has 0 radical (unpaired) electrons. The highest BCUT2D eigenvalue weighted by Gasteiger charge is 2.37. The standard InChI is InChI=1S/C8H4Cl2F3N3/c1-16-7-5(3(9)2-4(10)14-7)6(15-16)8(11,12)13/h2H,1H3. The van der Waals surface area contributed by atoms with Crippen LogP contribution in [-0.2, 0) is 13.2 Å². The Labute approximate surface area is 97.8 Å². The summed E-state index contributed by atoms with van der Waals surface area (Å²) >= 11 is 11.3. The monoisotopic (exact) mass is 269 g/mol. The van der Waals surface area contributed by atoms with Crippen molar-refractivity contribution < 1.29 is 13.2 Å². The average Bonchev–Trinajstić information content (AvgIpc) is 2.43. The molecule has 0 aliphatic heterocycles. The zero-order valence-electron chi connectivity index (χ0n) is 7.81. The first kappa shape index (κ1) is 11.5. The van der Waals surface area contributed by atoms with Crippen LogP contribution in [0.1, 0.15) is 5.69 Å². The molecule has 0 saturated carbocycles. The van der Waals surface area contributed by atoms with Crippen LogP contribution in [0.4, 0.5) is 13.2 Å². The minimum atomic E-state index is -4.57. The van der Waals surface area contributed by atoms with Gasteiger partial charge in [-0.2, -0.15) is 18.3 Å². The molecule has 2 aromatic rings. The Kier molecular flexibility index (Phi) is 2.51. The Balaban J connectivity index is 2.89. The van der Waals surface area contributed by atoms with Crippen LogP contribution in [0.25, 0.3) is 11.0 Å². The van der Waals surface area contributed by atoms with E-state index in [1.807, 2.05) is 0 Å². The third-order valence-electron chi connectivity index (χ3n) is 1.98. The Morgan fingerprint density at radius 1 is 1.31 bits per heavy atom. The summed E-state index contributed by atoms with van der Waals surface area (Å²) in [6, 6.07) is 1.16. The van der Waals surface area contributed by atoms with Crippen molar-refractivity contribution in [3.63, 3.8) is 0 Å². The predicted octanol–water partition coefficient (Wildman–Crippen LogP) is 3.29. The molecule has 0 aliphatic rings. The summed E-state index contributed by atoms with van der Waals surface area (Å²) in [7, 11) is 1.34. The highest BCUT2D eigenvalue weighted by molar-refractivity contribution is 6.37. The van der Waals surface area contributed by atoms with E-state index in [0.29, 0.717) is 0 Å². The number of alkyl halides is 3. The summed E-state index contributed by atoms with van der Waals surface area (Å²) < 4.78 is 38.8. The van der Waals surface area contributed by atoms with Gasteiger partial charge in [-0.1, -0.05) is 23.2 Å². The van der Waals surface area contributed by atoms with E-state index >= 15 is 0 Å². The van der Waals surface area contributed by atoms with Gasteiger partial charge in [0.05, 0.1) is 10.4 Å². The van der Waals surface area contributed by atoms with Crippen LogP contribution in [0, 0.1) is 0 Å². The molecule has 0 bridgehead atoms. The largest absolute Gasteiger partial charge is 0.435 e. The van der Waals surface area contributed by atoms with Crippen LogP contribution in [0.5, 0.6) is 0 Å². The molecule has 0 unspecified atom stereocenters. The minimum absolute atomic E-state index is 0.00447. The predicted molar refractivity (Wildman–Crippen MR) is 53.5 cm³/mol. The quantitative estimate of drug-likeness (QED) is 0.687. The molecular weight excluding hydrogens is 266 g/mol. The zero-order valence-corrected chi connectivity index (χ0v) is 9.32. The molecule has 2 heterocycles. The number of halogens is 5. The molecule has 86 valence electrons. The third kappa shape index (κ3) is 1.72. The first-order valence-corrected chi connectivity index (χ1v) is 4.82. The lowest BCUT2D eigenvalue weighted by Gasteiger charge is -2.02. The topological polar surface area (TPSA) is 30.7 Å². The molecule has 2 rings (SSSR count). The number of fused-ring (bicyclic) bond motifs is 1. The van der Waals surface area contributed by atoms with Gasteiger partial charge in [0.25, 0.3) is 0 Å². The van der Waals surface area contributed by atoms with Crippen LogP contribution in [0.15, 0.2) is 6.07 Å². The van der Waals surface area contributed by atoms with Gasteiger partial charge < -0.3 is 0 Å². The van der Waals surface area contributed by atoms with Crippen LogP contribution in [0.3, 0.4) is 0 Å². The van der Waals surface area contributed by atoms with Crippen LogP contribution < -0.4 is 0 Å².